The van der Waals surface area contributed by atoms with Gasteiger partial charge in [-0.2, -0.15) is 0 Å². The average molecular weight is 320 g/mol. The maximum atomic E-state index is 12.0. The third-order valence-corrected chi connectivity index (χ3v) is 3.45. The number of nitrogens with one attached hydrogen (secondary N) is 1. The fraction of sp³-hybridized carbons (Fsp3) is 0.214. The normalized spacial score (nSPS) is 11.8. The molecule has 0 saturated heterocycles. The van der Waals surface area contributed by atoms with Crippen molar-refractivity contribution in [3.8, 4) is 0 Å². The van der Waals surface area contributed by atoms with Gasteiger partial charge in [0.25, 0.3) is 5.91 Å². The van der Waals surface area contributed by atoms with Crippen LogP contribution in [0.4, 0.5) is 0 Å². The molecule has 0 bridgehead atoms. The molecular formula is C14H14BrN3O. The Balaban J connectivity index is 1.98. The molecule has 19 heavy (non-hydrogen) atoms. The molecule has 98 valence electrons. The zero-order valence-corrected chi connectivity index (χ0v) is 11.9. The molecule has 1 N–H and O–H groups in total. The molecule has 1 heterocycles. The van der Waals surface area contributed by atoms with Crippen molar-refractivity contribution < 1.29 is 4.79 Å². The quantitative estimate of drug-likeness (QED) is 0.860. The van der Waals surface area contributed by atoms with E-state index in [1.165, 1.54) is 24.3 Å². The van der Waals surface area contributed by atoms with Crippen LogP contribution in [0.3, 0.4) is 0 Å². The van der Waals surface area contributed by atoms with Gasteiger partial charge in [0.2, 0.25) is 0 Å². The molecule has 0 fully saturated rings. The largest absolute Gasteiger partial charge is 0.348 e. The smallest absolute Gasteiger partial charge is 0.254 e. The molecule has 0 radical (unpaired) electrons. The minimum atomic E-state index is -0.152. The predicted molar refractivity (Wildman–Crippen MR) is 77.2 cm³/mol. The summed E-state index contributed by atoms with van der Waals surface area (Å²) in [5.41, 5.74) is 1.66. The van der Waals surface area contributed by atoms with Crippen LogP contribution in [0.1, 0.15) is 15.9 Å². The molecule has 0 aliphatic heterocycles. The van der Waals surface area contributed by atoms with E-state index in [2.05, 4.69) is 31.2 Å². The van der Waals surface area contributed by atoms with E-state index in [1.807, 2.05) is 30.3 Å². The summed E-state index contributed by atoms with van der Waals surface area (Å²) in [6.45, 7) is 0. The molecule has 1 amide bonds. The van der Waals surface area contributed by atoms with Crippen LogP contribution in [0, 0.1) is 0 Å². The summed E-state index contributed by atoms with van der Waals surface area (Å²) in [6, 6.07) is 10.1. The molecule has 2 aromatic rings. The third-order valence-electron chi connectivity index (χ3n) is 2.67. The number of nitrogens with zero attached hydrogens (tertiary/aromatic N) is 2. The van der Waals surface area contributed by atoms with Crippen molar-refractivity contribution in [2.24, 2.45) is 0 Å². The number of alkyl halides is 1. The third kappa shape index (κ3) is 4.13. The standard InChI is InChI=1S/C14H14BrN3O/c15-7-13(6-11-4-2-1-3-5-11)18-14(19)12-8-16-10-17-9-12/h1-5,8-10,13H,6-7H2,(H,18,19). The van der Waals surface area contributed by atoms with Gasteiger partial charge < -0.3 is 5.32 Å². The highest BCUT2D eigenvalue weighted by Gasteiger charge is 2.13. The second-order valence-corrected chi connectivity index (χ2v) is 4.79. The van der Waals surface area contributed by atoms with Crippen LogP contribution in [0.25, 0.3) is 0 Å². The fourth-order valence-corrected chi connectivity index (χ4v) is 2.12. The second-order valence-electron chi connectivity index (χ2n) is 4.14. The van der Waals surface area contributed by atoms with Gasteiger partial charge in [0, 0.05) is 23.8 Å². The second kappa shape index (κ2) is 6.99. The van der Waals surface area contributed by atoms with Gasteiger partial charge in [0.05, 0.1) is 5.56 Å². The zero-order chi connectivity index (χ0) is 13.5. The van der Waals surface area contributed by atoms with Crippen molar-refractivity contribution >= 4 is 21.8 Å². The maximum Gasteiger partial charge on any atom is 0.254 e. The van der Waals surface area contributed by atoms with Gasteiger partial charge in [-0.25, -0.2) is 9.97 Å². The number of carbonyl (C=O) groups is 1. The topological polar surface area (TPSA) is 54.9 Å². The SMILES string of the molecule is O=C(NC(CBr)Cc1ccccc1)c1cncnc1. The van der Waals surface area contributed by atoms with Crippen molar-refractivity contribution in [1.29, 1.82) is 0 Å². The van der Waals surface area contributed by atoms with Crippen LogP contribution >= 0.6 is 15.9 Å². The van der Waals surface area contributed by atoms with E-state index in [0.29, 0.717) is 10.9 Å². The lowest BCUT2D eigenvalue weighted by Crippen LogP contribution is -2.37. The summed E-state index contributed by atoms with van der Waals surface area (Å²) < 4.78 is 0. The van der Waals surface area contributed by atoms with E-state index in [4.69, 9.17) is 0 Å². The number of halogens is 1. The molecule has 2 rings (SSSR count). The van der Waals surface area contributed by atoms with Gasteiger partial charge in [0.1, 0.15) is 6.33 Å². The number of amides is 1. The highest BCUT2D eigenvalue weighted by Crippen LogP contribution is 2.06. The van der Waals surface area contributed by atoms with Gasteiger partial charge in [-0.1, -0.05) is 46.3 Å². The van der Waals surface area contributed by atoms with Gasteiger partial charge >= 0.3 is 0 Å². The average Bonchev–Trinajstić information content (AvgIpc) is 2.48. The van der Waals surface area contributed by atoms with E-state index in [0.717, 1.165) is 6.42 Å². The van der Waals surface area contributed by atoms with Crippen LogP contribution < -0.4 is 5.32 Å². The Labute approximate surface area is 120 Å². The minimum Gasteiger partial charge on any atom is -0.348 e. The number of hydrogen-bond donors (Lipinski definition) is 1. The number of hydrogen-bond acceptors (Lipinski definition) is 3. The lowest BCUT2D eigenvalue weighted by Gasteiger charge is -2.16. The van der Waals surface area contributed by atoms with Crippen LogP contribution in [-0.4, -0.2) is 27.2 Å². The molecule has 1 atom stereocenters. The first-order chi connectivity index (χ1) is 9.29. The Morgan fingerprint density at radius 1 is 1.21 bits per heavy atom. The first-order valence-electron chi connectivity index (χ1n) is 5.95. The van der Waals surface area contributed by atoms with E-state index in [9.17, 15) is 4.79 Å². The monoisotopic (exact) mass is 319 g/mol. The highest BCUT2D eigenvalue weighted by molar-refractivity contribution is 9.09. The number of benzene rings is 1. The zero-order valence-electron chi connectivity index (χ0n) is 10.3. The van der Waals surface area contributed by atoms with E-state index in [1.54, 1.807) is 0 Å². The summed E-state index contributed by atoms with van der Waals surface area (Å²) in [4.78, 5) is 19.7. The highest BCUT2D eigenvalue weighted by atomic mass is 79.9. The van der Waals surface area contributed by atoms with Crippen molar-refractivity contribution in [1.82, 2.24) is 15.3 Å². The van der Waals surface area contributed by atoms with E-state index < -0.39 is 0 Å². The van der Waals surface area contributed by atoms with Gasteiger partial charge in [0.15, 0.2) is 0 Å². The van der Waals surface area contributed by atoms with Crippen molar-refractivity contribution in [2.45, 2.75) is 12.5 Å². The van der Waals surface area contributed by atoms with Crippen LogP contribution in [0.5, 0.6) is 0 Å². The van der Waals surface area contributed by atoms with E-state index in [-0.39, 0.29) is 11.9 Å². The lowest BCUT2D eigenvalue weighted by molar-refractivity contribution is 0.0940. The summed E-state index contributed by atoms with van der Waals surface area (Å²) >= 11 is 3.43. The van der Waals surface area contributed by atoms with Gasteiger partial charge in [-0.15, -0.1) is 0 Å². The first kappa shape index (κ1) is 13.7. The lowest BCUT2D eigenvalue weighted by atomic mass is 10.1. The molecule has 1 aromatic heterocycles. The Morgan fingerprint density at radius 2 is 1.89 bits per heavy atom. The molecule has 0 aliphatic rings. The van der Waals surface area contributed by atoms with Crippen molar-refractivity contribution in [2.75, 3.05) is 5.33 Å². The molecule has 1 aromatic carbocycles. The van der Waals surface area contributed by atoms with Crippen LogP contribution in [0.15, 0.2) is 49.1 Å². The molecule has 0 saturated carbocycles. The maximum absolute atomic E-state index is 12.0. The summed E-state index contributed by atoms with van der Waals surface area (Å²) in [5.74, 6) is -0.152. The Hall–Kier alpha value is -1.75. The van der Waals surface area contributed by atoms with Crippen molar-refractivity contribution in [3.63, 3.8) is 0 Å². The van der Waals surface area contributed by atoms with Crippen LogP contribution in [0.2, 0.25) is 0 Å². The van der Waals surface area contributed by atoms with E-state index >= 15 is 0 Å². The molecule has 5 heteroatoms. The van der Waals surface area contributed by atoms with Crippen LogP contribution in [-0.2, 0) is 6.42 Å². The number of carbonyl (C=O) groups excluding carboxylic acids is 1. The number of aromatic nitrogens is 2. The Morgan fingerprint density at radius 3 is 2.53 bits per heavy atom. The van der Waals surface area contributed by atoms with Gasteiger partial charge in [-0.3, -0.25) is 4.79 Å². The summed E-state index contributed by atoms with van der Waals surface area (Å²) in [5, 5.41) is 3.66. The minimum absolute atomic E-state index is 0.0371. The predicted octanol–water partition coefficient (Wildman–Crippen LogP) is 2.21. The molecule has 0 spiro atoms. The summed E-state index contributed by atoms with van der Waals surface area (Å²) in [7, 11) is 0. The fourth-order valence-electron chi connectivity index (χ4n) is 1.73. The molecule has 1 unspecified atom stereocenters. The molecule has 4 nitrogen and oxygen atoms in total. The van der Waals surface area contributed by atoms with Gasteiger partial charge in [-0.05, 0) is 12.0 Å². The molecular weight excluding hydrogens is 306 g/mol. The number of rotatable bonds is 5. The molecule has 0 aliphatic carbocycles. The summed E-state index contributed by atoms with van der Waals surface area (Å²) in [6.07, 6.45) is 5.21. The first-order valence-corrected chi connectivity index (χ1v) is 7.07. The Bertz CT molecular complexity index is 519. The Kier molecular flexibility index (Phi) is 5.03. The van der Waals surface area contributed by atoms with Crippen molar-refractivity contribution in [3.05, 3.63) is 60.2 Å².